The molecule has 2 aromatic carbocycles. The molecule has 0 radical (unpaired) electrons. The number of carbonyl (C=O) groups is 1. The second kappa shape index (κ2) is 7.24. The van der Waals surface area contributed by atoms with E-state index in [0.717, 1.165) is 54.6 Å². The zero-order valence-electron chi connectivity index (χ0n) is 15.1. The van der Waals surface area contributed by atoms with Crippen molar-refractivity contribution in [3.05, 3.63) is 65.9 Å². The predicted octanol–water partition coefficient (Wildman–Crippen LogP) is 4.59. The third-order valence-corrected chi connectivity index (χ3v) is 5.35. The number of amides is 1. The van der Waals surface area contributed by atoms with E-state index < -0.39 is 0 Å². The Balaban J connectivity index is 1.55. The molecule has 3 aromatic rings. The number of carbonyl (C=O) groups excluding carboxylic acids is 1. The topological polar surface area (TPSA) is 45.3 Å². The lowest BCUT2D eigenvalue weighted by Crippen LogP contribution is -2.34. The lowest BCUT2D eigenvalue weighted by Gasteiger charge is -2.25. The van der Waals surface area contributed by atoms with Crippen LogP contribution in [-0.4, -0.2) is 36.0 Å². The Morgan fingerprint density at radius 3 is 2.77 bits per heavy atom. The van der Waals surface area contributed by atoms with E-state index in [-0.39, 0.29) is 5.91 Å². The Bertz CT molecular complexity index is 898. The Morgan fingerprint density at radius 1 is 1.12 bits per heavy atom. The van der Waals surface area contributed by atoms with Crippen molar-refractivity contribution in [3.8, 4) is 5.75 Å². The molecular weight excluding hydrogens is 324 g/mol. The van der Waals surface area contributed by atoms with Gasteiger partial charge in [0.2, 0.25) is 0 Å². The van der Waals surface area contributed by atoms with Crippen LogP contribution in [-0.2, 0) is 0 Å². The minimum atomic E-state index is 0.127. The molecule has 1 aliphatic rings. The number of aromatic nitrogens is 1. The van der Waals surface area contributed by atoms with Crippen molar-refractivity contribution >= 4 is 16.8 Å². The third-order valence-electron chi connectivity index (χ3n) is 5.35. The number of hydrogen-bond acceptors (Lipinski definition) is 2. The van der Waals surface area contributed by atoms with Gasteiger partial charge >= 0.3 is 0 Å². The molecular formula is C22H24N2O2. The van der Waals surface area contributed by atoms with Crippen LogP contribution in [0.25, 0.3) is 10.9 Å². The monoisotopic (exact) mass is 348 g/mol. The zero-order valence-corrected chi connectivity index (χ0v) is 15.1. The quantitative estimate of drug-likeness (QED) is 0.753. The van der Waals surface area contributed by atoms with Crippen LogP contribution in [0.5, 0.6) is 5.75 Å². The van der Waals surface area contributed by atoms with Crippen LogP contribution < -0.4 is 4.74 Å². The van der Waals surface area contributed by atoms with Crippen LogP contribution in [0.2, 0.25) is 0 Å². The number of methoxy groups -OCH3 is 1. The molecule has 26 heavy (non-hydrogen) atoms. The van der Waals surface area contributed by atoms with Crippen molar-refractivity contribution in [2.45, 2.75) is 25.2 Å². The van der Waals surface area contributed by atoms with Gasteiger partial charge < -0.3 is 14.6 Å². The fraction of sp³-hybridized carbons (Fsp3) is 0.318. The van der Waals surface area contributed by atoms with Gasteiger partial charge in [-0.2, -0.15) is 0 Å². The fourth-order valence-electron chi connectivity index (χ4n) is 3.84. The van der Waals surface area contributed by atoms with Gasteiger partial charge in [-0.05, 0) is 54.1 Å². The summed E-state index contributed by atoms with van der Waals surface area (Å²) < 4.78 is 5.26. The molecule has 1 atom stereocenters. The maximum atomic E-state index is 13.1. The molecule has 0 bridgehead atoms. The average Bonchev–Trinajstić information content (AvgIpc) is 3.02. The van der Waals surface area contributed by atoms with E-state index in [1.165, 1.54) is 5.56 Å². The van der Waals surface area contributed by atoms with Crippen LogP contribution >= 0.6 is 0 Å². The number of aromatic amines is 1. The van der Waals surface area contributed by atoms with E-state index in [9.17, 15) is 4.79 Å². The van der Waals surface area contributed by atoms with Gasteiger partial charge in [-0.25, -0.2) is 0 Å². The van der Waals surface area contributed by atoms with Crippen LogP contribution in [0.3, 0.4) is 0 Å². The summed E-state index contributed by atoms with van der Waals surface area (Å²) in [5.74, 6) is 1.37. The lowest BCUT2D eigenvalue weighted by molar-refractivity contribution is 0.0754. The van der Waals surface area contributed by atoms with Crippen molar-refractivity contribution in [2.24, 2.45) is 0 Å². The lowest BCUT2D eigenvalue weighted by atomic mass is 9.94. The Kier molecular flexibility index (Phi) is 4.65. The highest BCUT2D eigenvalue weighted by molar-refractivity contribution is 5.98. The standard InChI is InChI=1S/C22H24N2O2/c1-26-20-9-7-16(8-10-20)19-4-2-3-13-24(15-19)22(25)18-6-5-17-11-12-23-21(17)14-18/h5-12,14,19,23H,2-4,13,15H2,1H3. The molecule has 1 aliphatic heterocycles. The summed E-state index contributed by atoms with van der Waals surface area (Å²) in [6, 6.07) is 16.2. The van der Waals surface area contributed by atoms with E-state index >= 15 is 0 Å². The van der Waals surface area contributed by atoms with Gasteiger partial charge in [-0.1, -0.05) is 24.6 Å². The van der Waals surface area contributed by atoms with E-state index in [2.05, 4.69) is 17.1 Å². The summed E-state index contributed by atoms with van der Waals surface area (Å²) >= 11 is 0. The van der Waals surface area contributed by atoms with Crippen LogP contribution in [0.15, 0.2) is 54.7 Å². The van der Waals surface area contributed by atoms with Crippen molar-refractivity contribution in [1.82, 2.24) is 9.88 Å². The molecule has 1 aromatic heterocycles. The van der Waals surface area contributed by atoms with Crippen LogP contribution in [0.4, 0.5) is 0 Å². The first-order valence-electron chi connectivity index (χ1n) is 9.25. The first-order valence-corrected chi connectivity index (χ1v) is 9.25. The molecule has 134 valence electrons. The molecule has 1 fully saturated rings. The first-order chi connectivity index (χ1) is 12.7. The van der Waals surface area contributed by atoms with E-state index in [0.29, 0.717) is 5.92 Å². The van der Waals surface area contributed by atoms with Gasteiger partial charge in [0.15, 0.2) is 0 Å². The largest absolute Gasteiger partial charge is 0.497 e. The second-order valence-electron chi connectivity index (χ2n) is 7.00. The highest BCUT2D eigenvalue weighted by Crippen LogP contribution is 2.29. The van der Waals surface area contributed by atoms with Gasteiger partial charge in [0, 0.05) is 36.3 Å². The van der Waals surface area contributed by atoms with Crippen molar-refractivity contribution in [3.63, 3.8) is 0 Å². The van der Waals surface area contributed by atoms with E-state index in [1.54, 1.807) is 7.11 Å². The molecule has 4 heteroatoms. The van der Waals surface area contributed by atoms with E-state index in [1.807, 2.05) is 47.5 Å². The first kappa shape index (κ1) is 16.7. The SMILES string of the molecule is COc1ccc(C2CCCCN(C(=O)c3ccc4cc[nH]c4c3)C2)cc1. The van der Waals surface area contributed by atoms with E-state index in [4.69, 9.17) is 4.74 Å². The normalized spacial score (nSPS) is 17.9. The molecule has 4 rings (SSSR count). The van der Waals surface area contributed by atoms with Crippen molar-refractivity contribution < 1.29 is 9.53 Å². The van der Waals surface area contributed by atoms with Gasteiger partial charge in [-0.15, -0.1) is 0 Å². The molecule has 0 spiro atoms. The highest BCUT2D eigenvalue weighted by Gasteiger charge is 2.24. The number of benzene rings is 2. The molecule has 4 nitrogen and oxygen atoms in total. The maximum absolute atomic E-state index is 13.1. The molecule has 1 saturated heterocycles. The fourth-order valence-corrected chi connectivity index (χ4v) is 3.84. The van der Waals surface area contributed by atoms with Crippen LogP contribution in [0.1, 0.15) is 41.1 Å². The zero-order chi connectivity index (χ0) is 17.9. The Labute approximate surface area is 153 Å². The molecule has 1 unspecified atom stereocenters. The molecule has 0 saturated carbocycles. The minimum absolute atomic E-state index is 0.127. The number of hydrogen-bond donors (Lipinski definition) is 1. The second-order valence-corrected chi connectivity index (χ2v) is 7.00. The highest BCUT2D eigenvalue weighted by atomic mass is 16.5. The van der Waals surface area contributed by atoms with Gasteiger partial charge in [0.05, 0.1) is 7.11 Å². The number of nitrogens with zero attached hydrogens (tertiary/aromatic N) is 1. The Hall–Kier alpha value is -2.75. The number of likely N-dealkylation sites (tertiary alicyclic amines) is 1. The molecule has 1 amide bonds. The third kappa shape index (κ3) is 3.32. The summed E-state index contributed by atoms with van der Waals surface area (Å²) in [4.78, 5) is 18.3. The summed E-state index contributed by atoms with van der Waals surface area (Å²) in [5.41, 5.74) is 3.05. The van der Waals surface area contributed by atoms with Crippen LogP contribution in [0, 0.1) is 0 Å². The number of fused-ring (bicyclic) bond motifs is 1. The predicted molar refractivity (Wildman–Crippen MR) is 104 cm³/mol. The van der Waals surface area contributed by atoms with Gasteiger partial charge in [-0.3, -0.25) is 4.79 Å². The summed E-state index contributed by atoms with van der Waals surface area (Å²) in [6.07, 6.45) is 5.23. The number of nitrogens with one attached hydrogen (secondary N) is 1. The number of ether oxygens (including phenoxy) is 1. The molecule has 1 N–H and O–H groups in total. The summed E-state index contributed by atoms with van der Waals surface area (Å²) in [5, 5.41) is 1.13. The summed E-state index contributed by atoms with van der Waals surface area (Å²) in [6.45, 7) is 1.60. The maximum Gasteiger partial charge on any atom is 0.253 e. The smallest absolute Gasteiger partial charge is 0.253 e. The molecule has 0 aliphatic carbocycles. The number of H-pyrrole nitrogens is 1. The van der Waals surface area contributed by atoms with Crippen molar-refractivity contribution in [2.75, 3.05) is 20.2 Å². The Morgan fingerprint density at radius 2 is 1.96 bits per heavy atom. The summed E-state index contributed by atoms with van der Waals surface area (Å²) in [7, 11) is 1.68. The van der Waals surface area contributed by atoms with Gasteiger partial charge in [0.25, 0.3) is 5.91 Å². The van der Waals surface area contributed by atoms with Crippen molar-refractivity contribution in [1.29, 1.82) is 0 Å². The molecule has 2 heterocycles. The minimum Gasteiger partial charge on any atom is -0.497 e. The average molecular weight is 348 g/mol. The number of rotatable bonds is 3. The van der Waals surface area contributed by atoms with Gasteiger partial charge in [0.1, 0.15) is 5.75 Å².